The van der Waals surface area contributed by atoms with Crippen LogP contribution in [0.2, 0.25) is 0 Å². The Balaban J connectivity index is 2.44. The Morgan fingerprint density at radius 1 is 0.688 bits per heavy atom. The second kappa shape index (κ2) is 2.67. The molecule has 0 spiro atoms. The van der Waals surface area contributed by atoms with Gasteiger partial charge in [-0.1, -0.05) is 18.2 Å². The highest BCUT2D eigenvalue weighted by molar-refractivity contribution is 6.17. The molecule has 4 aromatic rings. The first-order chi connectivity index (χ1) is 7.93. The number of hydrogen-bond donors (Lipinski definition) is 0. The fraction of sp³-hybridized carbons (Fsp3) is 0. The summed E-state index contributed by atoms with van der Waals surface area (Å²) in [5.74, 6) is 0. The van der Waals surface area contributed by atoms with Crippen LogP contribution >= 0.6 is 0 Å². The van der Waals surface area contributed by atoms with Gasteiger partial charge in [-0.25, -0.2) is 0 Å². The van der Waals surface area contributed by atoms with E-state index in [2.05, 4.69) is 18.2 Å². The van der Waals surface area contributed by atoms with Crippen molar-refractivity contribution >= 4 is 32.7 Å². The molecule has 76 valence electrons. The van der Waals surface area contributed by atoms with Crippen LogP contribution < -0.4 is 0 Å². The summed E-state index contributed by atoms with van der Waals surface area (Å²) in [5.41, 5.74) is 1.83. The fourth-order valence-electron chi connectivity index (χ4n) is 2.29. The topological polar surface area (TPSA) is 26.3 Å². The lowest BCUT2D eigenvalue weighted by molar-refractivity contribution is 0.615. The maximum atomic E-state index is 5.57. The van der Waals surface area contributed by atoms with Crippen molar-refractivity contribution in [3.05, 3.63) is 48.9 Å². The monoisotopic (exact) mass is 208 g/mol. The zero-order valence-electron chi connectivity index (χ0n) is 8.44. The zero-order chi connectivity index (χ0) is 10.5. The molecule has 0 unspecified atom stereocenters. The van der Waals surface area contributed by atoms with Crippen LogP contribution in [0, 0.1) is 0 Å². The van der Waals surface area contributed by atoms with E-state index in [4.69, 9.17) is 8.83 Å². The van der Waals surface area contributed by atoms with Gasteiger partial charge < -0.3 is 8.83 Å². The van der Waals surface area contributed by atoms with Crippen molar-refractivity contribution in [1.82, 2.24) is 0 Å². The second-order valence-corrected chi connectivity index (χ2v) is 3.90. The highest BCUT2D eigenvalue weighted by Crippen LogP contribution is 2.32. The lowest BCUT2D eigenvalue weighted by Gasteiger charge is -1.99. The Kier molecular flexibility index (Phi) is 1.33. The number of hydrogen-bond acceptors (Lipinski definition) is 2. The normalized spacial score (nSPS) is 11.8. The second-order valence-electron chi connectivity index (χ2n) is 3.90. The third kappa shape index (κ3) is 0.865. The molecular weight excluding hydrogens is 200 g/mol. The van der Waals surface area contributed by atoms with Crippen molar-refractivity contribution in [2.24, 2.45) is 0 Å². The van der Waals surface area contributed by atoms with Gasteiger partial charge in [0.25, 0.3) is 0 Å². The van der Waals surface area contributed by atoms with Crippen LogP contribution in [0.3, 0.4) is 0 Å². The molecule has 2 nitrogen and oxygen atoms in total. The summed E-state index contributed by atoms with van der Waals surface area (Å²) in [5, 5.41) is 4.55. The summed E-state index contributed by atoms with van der Waals surface area (Å²) in [6.45, 7) is 0. The predicted molar refractivity (Wildman–Crippen MR) is 63.5 cm³/mol. The molecule has 0 N–H and O–H groups in total. The van der Waals surface area contributed by atoms with Crippen molar-refractivity contribution in [2.75, 3.05) is 0 Å². The third-order valence-corrected chi connectivity index (χ3v) is 3.03. The molecule has 2 heterocycles. The van der Waals surface area contributed by atoms with Gasteiger partial charge in [0, 0.05) is 16.2 Å². The fourth-order valence-corrected chi connectivity index (χ4v) is 2.29. The van der Waals surface area contributed by atoms with Crippen LogP contribution in [0.1, 0.15) is 0 Å². The highest BCUT2D eigenvalue weighted by Gasteiger charge is 2.08. The van der Waals surface area contributed by atoms with Crippen LogP contribution in [0.5, 0.6) is 0 Å². The molecule has 0 aliphatic carbocycles. The van der Waals surface area contributed by atoms with Crippen LogP contribution in [0.15, 0.2) is 57.8 Å². The summed E-state index contributed by atoms with van der Waals surface area (Å²) in [4.78, 5) is 0. The smallest absolute Gasteiger partial charge is 0.142 e. The molecule has 0 saturated carbocycles. The molecule has 2 heteroatoms. The molecule has 0 radical (unpaired) electrons. The largest absolute Gasteiger partial charge is 0.464 e. The Labute approximate surface area is 91.1 Å². The molecule has 0 bridgehead atoms. The summed E-state index contributed by atoms with van der Waals surface area (Å²) >= 11 is 0. The standard InChI is InChI=1S/C14H8O2/c1-2-10-5-7-16-14(10)13-9(1)3-4-12-11(13)6-8-15-12/h1-8H. The van der Waals surface area contributed by atoms with Crippen LogP contribution in [-0.4, -0.2) is 0 Å². The number of benzene rings is 2. The van der Waals surface area contributed by atoms with Crippen molar-refractivity contribution in [3.63, 3.8) is 0 Å². The quantitative estimate of drug-likeness (QED) is 0.430. The molecule has 4 rings (SSSR count). The lowest BCUT2D eigenvalue weighted by Crippen LogP contribution is -1.74. The molecule has 2 aromatic carbocycles. The lowest BCUT2D eigenvalue weighted by atomic mass is 10.0. The summed E-state index contributed by atoms with van der Waals surface area (Å²) in [7, 11) is 0. The molecule has 0 amide bonds. The van der Waals surface area contributed by atoms with E-state index >= 15 is 0 Å². The molecular formula is C14H8O2. The van der Waals surface area contributed by atoms with Crippen molar-refractivity contribution < 1.29 is 8.83 Å². The molecule has 0 aliphatic heterocycles. The van der Waals surface area contributed by atoms with Gasteiger partial charge >= 0.3 is 0 Å². The van der Waals surface area contributed by atoms with E-state index in [1.54, 1.807) is 12.5 Å². The molecule has 16 heavy (non-hydrogen) atoms. The molecule has 0 saturated heterocycles. The van der Waals surface area contributed by atoms with E-state index in [-0.39, 0.29) is 0 Å². The van der Waals surface area contributed by atoms with Crippen LogP contribution in [0.4, 0.5) is 0 Å². The maximum absolute atomic E-state index is 5.57. The third-order valence-electron chi connectivity index (χ3n) is 3.03. The van der Waals surface area contributed by atoms with Crippen molar-refractivity contribution in [3.8, 4) is 0 Å². The van der Waals surface area contributed by atoms with Gasteiger partial charge in [-0.05, 0) is 23.6 Å². The van der Waals surface area contributed by atoms with E-state index in [9.17, 15) is 0 Å². The Morgan fingerprint density at radius 3 is 2.50 bits per heavy atom. The first-order valence-corrected chi connectivity index (χ1v) is 5.20. The van der Waals surface area contributed by atoms with E-state index < -0.39 is 0 Å². The minimum Gasteiger partial charge on any atom is -0.464 e. The van der Waals surface area contributed by atoms with Gasteiger partial charge in [0.2, 0.25) is 0 Å². The first kappa shape index (κ1) is 7.99. The number of rotatable bonds is 0. The van der Waals surface area contributed by atoms with Crippen molar-refractivity contribution in [1.29, 1.82) is 0 Å². The number of furan rings is 2. The van der Waals surface area contributed by atoms with E-state index in [1.807, 2.05) is 18.2 Å². The van der Waals surface area contributed by atoms with Gasteiger partial charge in [-0.15, -0.1) is 0 Å². The minimum atomic E-state index is 0.899. The molecule has 0 aliphatic rings. The van der Waals surface area contributed by atoms with Gasteiger partial charge in [0.15, 0.2) is 0 Å². The zero-order valence-corrected chi connectivity index (χ0v) is 8.44. The Bertz CT molecular complexity index is 740. The molecule has 0 fully saturated rings. The summed E-state index contributed by atoms with van der Waals surface area (Å²) in [6.07, 6.45) is 3.44. The SMILES string of the molecule is c1cc2c(ccc3ccc4ccoc4c32)o1. The molecule has 0 atom stereocenters. The Hall–Kier alpha value is -2.22. The average Bonchev–Trinajstić information content (AvgIpc) is 2.96. The average molecular weight is 208 g/mol. The van der Waals surface area contributed by atoms with Gasteiger partial charge in [-0.3, -0.25) is 0 Å². The van der Waals surface area contributed by atoms with E-state index in [0.717, 1.165) is 27.3 Å². The van der Waals surface area contributed by atoms with Crippen LogP contribution in [-0.2, 0) is 0 Å². The number of fused-ring (bicyclic) bond motifs is 5. The van der Waals surface area contributed by atoms with Gasteiger partial charge in [0.05, 0.1) is 12.5 Å². The Morgan fingerprint density at radius 2 is 1.50 bits per heavy atom. The van der Waals surface area contributed by atoms with Gasteiger partial charge in [0.1, 0.15) is 11.2 Å². The van der Waals surface area contributed by atoms with Crippen molar-refractivity contribution in [2.45, 2.75) is 0 Å². The molecule has 2 aromatic heterocycles. The van der Waals surface area contributed by atoms with Gasteiger partial charge in [-0.2, -0.15) is 0 Å². The predicted octanol–water partition coefficient (Wildman–Crippen LogP) is 4.33. The minimum absolute atomic E-state index is 0.899. The van der Waals surface area contributed by atoms with E-state index in [0.29, 0.717) is 0 Å². The van der Waals surface area contributed by atoms with Crippen LogP contribution in [0.25, 0.3) is 32.7 Å². The summed E-state index contributed by atoms with van der Waals surface area (Å²) < 4.78 is 11.0. The first-order valence-electron chi connectivity index (χ1n) is 5.20. The van der Waals surface area contributed by atoms with E-state index in [1.165, 1.54) is 5.39 Å². The summed E-state index contributed by atoms with van der Waals surface area (Å²) in [6, 6.07) is 12.2. The highest BCUT2D eigenvalue weighted by atomic mass is 16.3. The maximum Gasteiger partial charge on any atom is 0.142 e.